The van der Waals surface area contributed by atoms with Crippen LogP contribution in [0.2, 0.25) is 0 Å². The van der Waals surface area contributed by atoms with E-state index < -0.39 is 0 Å². The average molecular weight is 170 g/mol. The van der Waals surface area contributed by atoms with Gasteiger partial charge in [0.15, 0.2) is 0 Å². The van der Waals surface area contributed by atoms with Gasteiger partial charge >= 0.3 is 0 Å². The van der Waals surface area contributed by atoms with E-state index in [4.69, 9.17) is 11.5 Å². The maximum Gasteiger partial charge on any atom is 0.0171 e. The summed E-state index contributed by atoms with van der Waals surface area (Å²) in [5.41, 5.74) is 12.5. The third kappa shape index (κ3) is 1.80. The van der Waals surface area contributed by atoms with Gasteiger partial charge in [0.1, 0.15) is 0 Å². The van der Waals surface area contributed by atoms with Crippen molar-refractivity contribution < 1.29 is 0 Å². The molecule has 12 heavy (non-hydrogen) atoms. The van der Waals surface area contributed by atoms with E-state index in [0.717, 1.165) is 12.8 Å². The fraction of sp³-hybridized carbons (Fsp3) is 1.00. The van der Waals surface area contributed by atoms with E-state index in [0.29, 0.717) is 11.3 Å². The van der Waals surface area contributed by atoms with Crippen LogP contribution in [0.3, 0.4) is 0 Å². The molecular formula is C10H22N2. The summed E-state index contributed by atoms with van der Waals surface area (Å²) in [5, 5.41) is 0. The van der Waals surface area contributed by atoms with Crippen LogP contribution < -0.4 is 11.5 Å². The highest BCUT2D eigenvalue weighted by atomic mass is 14.8. The van der Waals surface area contributed by atoms with Gasteiger partial charge in [-0.05, 0) is 31.1 Å². The Bertz CT molecular complexity index is 173. The lowest BCUT2D eigenvalue weighted by Gasteiger charge is -2.48. The molecule has 3 atom stereocenters. The van der Waals surface area contributed by atoms with E-state index in [1.54, 1.807) is 0 Å². The second-order valence-corrected chi connectivity index (χ2v) is 5.50. The van der Waals surface area contributed by atoms with Crippen LogP contribution in [-0.4, -0.2) is 11.6 Å². The highest BCUT2D eigenvalue weighted by Crippen LogP contribution is 2.41. The number of hydrogen-bond donors (Lipinski definition) is 2. The van der Waals surface area contributed by atoms with Gasteiger partial charge in [0.05, 0.1) is 0 Å². The van der Waals surface area contributed by atoms with Crippen LogP contribution in [0.4, 0.5) is 0 Å². The fourth-order valence-electron chi connectivity index (χ4n) is 2.57. The molecular weight excluding hydrogens is 148 g/mol. The zero-order valence-electron chi connectivity index (χ0n) is 8.72. The van der Waals surface area contributed by atoms with E-state index in [2.05, 4.69) is 27.7 Å². The zero-order chi connectivity index (χ0) is 9.57. The Labute approximate surface area is 75.7 Å². The third-order valence-corrected chi connectivity index (χ3v) is 3.33. The molecule has 1 rings (SSSR count). The van der Waals surface area contributed by atoms with E-state index in [1.807, 2.05) is 0 Å². The van der Waals surface area contributed by atoms with Gasteiger partial charge in [0.2, 0.25) is 0 Å². The first-order valence-corrected chi connectivity index (χ1v) is 4.79. The molecule has 0 aliphatic heterocycles. The molecule has 0 radical (unpaired) electrons. The van der Waals surface area contributed by atoms with Crippen LogP contribution in [0, 0.1) is 11.3 Å². The minimum absolute atomic E-state index is 0.0822. The van der Waals surface area contributed by atoms with Crippen molar-refractivity contribution in [3.63, 3.8) is 0 Å². The fourth-order valence-corrected chi connectivity index (χ4v) is 2.57. The van der Waals surface area contributed by atoms with E-state index in [9.17, 15) is 0 Å². The Balaban J connectivity index is 2.80. The van der Waals surface area contributed by atoms with Crippen LogP contribution in [0.15, 0.2) is 0 Å². The summed E-state index contributed by atoms with van der Waals surface area (Å²) in [7, 11) is 0. The smallest absolute Gasteiger partial charge is 0.0171 e. The molecule has 0 aromatic heterocycles. The number of hydrogen-bond acceptors (Lipinski definition) is 2. The van der Waals surface area contributed by atoms with E-state index >= 15 is 0 Å². The lowest BCUT2D eigenvalue weighted by atomic mass is 9.62. The largest absolute Gasteiger partial charge is 0.327 e. The second-order valence-electron chi connectivity index (χ2n) is 5.50. The van der Waals surface area contributed by atoms with Crippen LogP contribution >= 0.6 is 0 Å². The van der Waals surface area contributed by atoms with Crippen LogP contribution in [0.5, 0.6) is 0 Å². The first kappa shape index (κ1) is 10.0. The average Bonchev–Trinajstić information content (AvgIpc) is 1.79. The summed E-state index contributed by atoms with van der Waals surface area (Å²) in [6, 6.07) is 0.267. The summed E-state index contributed by atoms with van der Waals surface area (Å²) >= 11 is 0. The SMILES string of the molecule is CC1C(N)CC(C)(C)CC1(C)N. The third-order valence-electron chi connectivity index (χ3n) is 3.33. The number of rotatable bonds is 0. The predicted molar refractivity (Wildman–Crippen MR) is 52.7 cm³/mol. The van der Waals surface area contributed by atoms with Gasteiger partial charge in [-0.2, -0.15) is 0 Å². The number of nitrogens with two attached hydrogens (primary N) is 2. The summed E-state index contributed by atoms with van der Waals surface area (Å²) in [5.74, 6) is 0.436. The van der Waals surface area contributed by atoms with E-state index in [1.165, 1.54) is 0 Å². The van der Waals surface area contributed by atoms with Crippen molar-refractivity contribution in [3.8, 4) is 0 Å². The van der Waals surface area contributed by atoms with Crippen molar-refractivity contribution in [2.45, 2.75) is 52.1 Å². The van der Waals surface area contributed by atoms with Crippen LogP contribution in [-0.2, 0) is 0 Å². The van der Waals surface area contributed by atoms with Crippen molar-refractivity contribution >= 4 is 0 Å². The standard InChI is InChI=1S/C10H22N2/c1-7-8(11)5-9(2,3)6-10(7,4)12/h7-8H,5-6,11-12H2,1-4H3. The normalized spacial score (nSPS) is 47.5. The molecule has 4 N–H and O–H groups in total. The Kier molecular flexibility index (Phi) is 2.26. The zero-order valence-corrected chi connectivity index (χ0v) is 8.72. The van der Waals surface area contributed by atoms with Crippen molar-refractivity contribution in [1.82, 2.24) is 0 Å². The monoisotopic (exact) mass is 170 g/mol. The molecule has 3 unspecified atom stereocenters. The minimum Gasteiger partial charge on any atom is -0.327 e. The predicted octanol–water partition coefficient (Wildman–Crippen LogP) is 1.49. The Hall–Kier alpha value is -0.0800. The van der Waals surface area contributed by atoms with Gasteiger partial charge in [-0.25, -0.2) is 0 Å². The Morgan fingerprint density at radius 3 is 2.17 bits per heavy atom. The van der Waals surface area contributed by atoms with Crippen LogP contribution in [0.1, 0.15) is 40.5 Å². The molecule has 2 nitrogen and oxygen atoms in total. The Morgan fingerprint density at radius 1 is 1.25 bits per heavy atom. The summed E-state index contributed by atoms with van der Waals surface area (Å²) in [6.45, 7) is 8.80. The van der Waals surface area contributed by atoms with Crippen molar-refractivity contribution in [2.24, 2.45) is 22.8 Å². The summed E-state index contributed by atoms with van der Waals surface area (Å²) in [6.07, 6.45) is 2.18. The summed E-state index contributed by atoms with van der Waals surface area (Å²) < 4.78 is 0. The molecule has 0 heterocycles. The van der Waals surface area contributed by atoms with Crippen LogP contribution in [0.25, 0.3) is 0 Å². The molecule has 0 aromatic carbocycles. The molecule has 2 heteroatoms. The van der Waals surface area contributed by atoms with Gasteiger partial charge < -0.3 is 11.5 Å². The van der Waals surface area contributed by atoms with E-state index in [-0.39, 0.29) is 11.6 Å². The molecule has 0 saturated heterocycles. The molecule has 1 fully saturated rings. The molecule has 1 aliphatic rings. The lowest BCUT2D eigenvalue weighted by Crippen LogP contribution is -2.57. The van der Waals surface area contributed by atoms with Crippen molar-refractivity contribution in [1.29, 1.82) is 0 Å². The minimum atomic E-state index is -0.0822. The maximum absolute atomic E-state index is 6.21. The molecule has 0 bridgehead atoms. The highest BCUT2D eigenvalue weighted by molar-refractivity contribution is 5.00. The molecule has 0 spiro atoms. The van der Waals surface area contributed by atoms with Gasteiger partial charge in [-0.3, -0.25) is 0 Å². The quantitative estimate of drug-likeness (QED) is 0.578. The van der Waals surface area contributed by atoms with Gasteiger partial charge in [0, 0.05) is 11.6 Å². The topological polar surface area (TPSA) is 52.0 Å². The first-order valence-electron chi connectivity index (χ1n) is 4.79. The summed E-state index contributed by atoms with van der Waals surface area (Å²) in [4.78, 5) is 0. The molecule has 1 aliphatic carbocycles. The van der Waals surface area contributed by atoms with Gasteiger partial charge in [0.25, 0.3) is 0 Å². The lowest BCUT2D eigenvalue weighted by molar-refractivity contribution is 0.0900. The first-order chi connectivity index (χ1) is 5.25. The molecule has 0 aromatic rings. The maximum atomic E-state index is 6.21. The van der Waals surface area contributed by atoms with Crippen molar-refractivity contribution in [3.05, 3.63) is 0 Å². The van der Waals surface area contributed by atoms with Gasteiger partial charge in [-0.1, -0.05) is 20.8 Å². The Morgan fingerprint density at radius 2 is 1.75 bits per heavy atom. The second kappa shape index (κ2) is 2.71. The molecule has 72 valence electrons. The highest BCUT2D eigenvalue weighted by Gasteiger charge is 2.42. The van der Waals surface area contributed by atoms with Crippen molar-refractivity contribution in [2.75, 3.05) is 0 Å². The molecule has 1 saturated carbocycles. The molecule has 0 amide bonds. The van der Waals surface area contributed by atoms with Gasteiger partial charge in [-0.15, -0.1) is 0 Å².